The van der Waals surface area contributed by atoms with Crippen LogP contribution in [0.25, 0.3) is 44.2 Å². The molecule has 3 heterocycles. The Balaban J connectivity index is 1.62. The molecule has 0 unspecified atom stereocenters. The molecule has 0 radical (unpaired) electrons. The molecule has 164 valence electrons. The van der Waals surface area contributed by atoms with Gasteiger partial charge in [0.1, 0.15) is 5.52 Å². The highest BCUT2D eigenvalue weighted by Crippen LogP contribution is 2.39. The Kier molecular flexibility index (Phi) is 4.96. The normalized spacial score (nSPS) is 14.8. The van der Waals surface area contributed by atoms with Crippen molar-refractivity contribution in [2.45, 2.75) is 32.7 Å². The molecule has 1 fully saturated rings. The molecule has 1 saturated heterocycles. The molecular weight excluding hydrogens is 404 g/mol. The summed E-state index contributed by atoms with van der Waals surface area (Å²) >= 11 is 0. The minimum absolute atomic E-state index is 0.445. The van der Waals surface area contributed by atoms with Gasteiger partial charge >= 0.3 is 0 Å². The number of imidazole rings is 1. The molecule has 5 aromatic rings. The van der Waals surface area contributed by atoms with Crippen molar-refractivity contribution in [3.8, 4) is 22.3 Å². The Bertz CT molecular complexity index is 1470. The van der Waals surface area contributed by atoms with Gasteiger partial charge in [0.15, 0.2) is 5.65 Å². The highest BCUT2D eigenvalue weighted by Gasteiger charge is 2.22. The smallest absolute Gasteiger partial charge is 0.160 e. The van der Waals surface area contributed by atoms with Crippen molar-refractivity contribution >= 4 is 21.9 Å². The van der Waals surface area contributed by atoms with Gasteiger partial charge in [0.25, 0.3) is 0 Å². The lowest BCUT2D eigenvalue weighted by Crippen LogP contribution is -2.29. The standard InChI is InChI=1S/C29H28N4/c1-19-7-10-25(20(2)15-19)26-17-31-29-28(32-18-33(29)24-11-13-30-14-12-24)27(26)23-9-8-21-5-3-4-6-22(21)16-23/h3-10,15-18,24,30H,11-14H2,1-2H3. The van der Waals surface area contributed by atoms with Crippen LogP contribution < -0.4 is 5.32 Å². The maximum absolute atomic E-state index is 4.98. The largest absolute Gasteiger partial charge is 0.317 e. The van der Waals surface area contributed by atoms with Crippen LogP contribution in [0.1, 0.15) is 30.0 Å². The summed E-state index contributed by atoms with van der Waals surface area (Å²) in [6.07, 6.45) is 6.28. The number of hydrogen-bond donors (Lipinski definition) is 1. The van der Waals surface area contributed by atoms with Gasteiger partial charge in [-0.2, -0.15) is 0 Å². The third kappa shape index (κ3) is 3.51. The monoisotopic (exact) mass is 432 g/mol. The number of aromatic nitrogens is 3. The van der Waals surface area contributed by atoms with E-state index in [1.54, 1.807) is 0 Å². The maximum Gasteiger partial charge on any atom is 0.160 e. The molecular formula is C29H28N4. The van der Waals surface area contributed by atoms with Crippen LogP contribution in [-0.2, 0) is 0 Å². The number of aryl methyl sites for hydroxylation is 2. The lowest BCUT2D eigenvalue weighted by molar-refractivity contribution is 0.373. The lowest BCUT2D eigenvalue weighted by atomic mass is 9.91. The summed E-state index contributed by atoms with van der Waals surface area (Å²) in [6.45, 7) is 6.42. The van der Waals surface area contributed by atoms with Gasteiger partial charge in [-0.3, -0.25) is 0 Å². The maximum atomic E-state index is 4.98. The molecule has 33 heavy (non-hydrogen) atoms. The van der Waals surface area contributed by atoms with Crippen LogP contribution in [0.3, 0.4) is 0 Å². The second kappa shape index (κ2) is 8.13. The zero-order valence-corrected chi connectivity index (χ0v) is 19.2. The van der Waals surface area contributed by atoms with Gasteiger partial charge in [-0.15, -0.1) is 0 Å². The number of rotatable bonds is 3. The number of pyridine rings is 1. The molecule has 1 aliphatic rings. The van der Waals surface area contributed by atoms with Crippen LogP contribution in [-0.4, -0.2) is 27.6 Å². The zero-order chi connectivity index (χ0) is 22.4. The van der Waals surface area contributed by atoms with Crippen LogP contribution in [0.5, 0.6) is 0 Å². The van der Waals surface area contributed by atoms with Crippen molar-refractivity contribution in [1.82, 2.24) is 19.9 Å². The summed E-state index contributed by atoms with van der Waals surface area (Å²) in [5.41, 5.74) is 9.22. The second-order valence-corrected chi connectivity index (χ2v) is 9.23. The van der Waals surface area contributed by atoms with Gasteiger partial charge in [0.05, 0.1) is 6.33 Å². The molecule has 6 rings (SSSR count). The molecule has 0 atom stereocenters. The van der Waals surface area contributed by atoms with Gasteiger partial charge in [0, 0.05) is 23.4 Å². The van der Waals surface area contributed by atoms with E-state index >= 15 is 0 Å². The van der Waals surface area contributed by atoms with Gasteiger partial charge in [0.2, 0.25) is 0 Å². The van der Waals surface area contributed by atoms with Crippen molar-refractivity contribution in [2.75, 3.05) is 13.1 Å². The molecule has 0 spiro atoms. The first-order chi connectivity index (χ1) is 16.2. The van der Waals surface area contributed by atoms with Gasteiger partial charge < -0.3 is 9.88 Å². The van der Waals surface area contributed by atoms with E-state index < -0.39 is 0 Å². The van der Waals surface area contributed by atoms with E-state index in [0.717, 1.165) is 42.7 Å². The highest BCUT2D eigenvalue weighted by atomic mass is 15.1. The number of benzene rings is 3. The predicted molar refractivity (Wildman–Crippen MR) is 137 cm³/mol. The van der Waals surface area contributed by atoms with E-state index in [2.05, 4.69) is 90.6 Å². The molecule has 0 aliphatic carbocycles. The van der Waals surface area contributed by atoms with Crippen LogP contribution >= 0.6 is 0 Å². The molecule has 0 amide bonds. The van der Waals surface area contributed by atoms with Gasteiger partial charge in [-0.25, -0.2) is 9.97 Å². The minimum atomic E-state index is 0.445. The van der Waals surface area contributed by atoms with E-state index in [9.17, 15) is 0 Å². The average molecular weight is 433 g/mol. The van der Waals surface area contributed by atoms with E-state index in [1.807, 2.05) is 6.33 Å². The van der Waals surface area contributed by atoms with Crippen LogP contribution in [0.4, 0.5) is 0 Å². The minimum Gasteiger partial charge on any atom is -0.317 e. The fourth-order valence-electron chi connectivity index (χ4n) is 5.29. The summed E-state index contributed by atoms with van der Waals surface area (Å²) < 4.78 is 2.30. The van der Waals surface area contributed by atoms with Crippen LogP contribution in [0, 0.1) is 13.8 Å². The van der Waals surface area contributed by atoms with E-state index in [0.29, 0.717) is 6.04 Å². The Morgan fingerprint density at radius 3 is 2.48 bits per heavy atom. The topological polar surface area (TPSA) is 42.7 Å². The Labute approximate surface area is 194 Å². The molecule has 0 bridgehead atoms. The summed E-state index contributed by atoms with van der Waals surface area (Å²) in [5.74, 6) is 0. The Morgan fingerprint density at radius 1 is 0.848 bits per heavy atom. The van der Waals surface area contributed by atoms with Crippen molar-refractivity contribution < 1.29 is 0 Å². The molecule has 0 saturated carbocycles. The van der Waals surface area contributed by atoms with E-state index in [1.165, 1.54) is 38.6 Å². The zero-order valence-electron chi connectivity index (χ0n) is 19.2. The molecule has 4 heteroatoms. The summed E-state index contributed by atoms with van der Waals surface area (Å²) in [5, 5.41) is 5.96. The summed E-state index contributed by atoms with van der Waals surface area (Å²) in [4.78, 5) is 9.95. The first-order valence-electron chi connectivity index (χ1n) is 11.8. The lowest BCUT2D eigenvalue weighted by Gasteiger charge is -2.24. The number of nitrogens with zero attached hydrogens (tertiary/aromatic N) is 3. The van der Waals surface area contributed by atoms with Gasteiger partial charge in [-0.1, -0.05) is 60.2 Å². The van der Waals surface area contributed by atoms with E-state index in [-0.39, 0.29) is 0 Å². The van der Waals surface area contributed by atoms with Crippen molar-refractivity contribution in [2.24, 2.45) is 0 Å². The quantitative estimate of drug-likeness (QED) is 0.356. The molecule has 4 nitrogen and oxygen atoms in total. The number of hydrogen-bond acceptors (Lipinski definition) is 3. The predicted octanol–water partition coefficient (Wildman–Crippen LogP) is 6.46. The van der Waals surface area contributed by atoms with Crippen molar-refractivity contribution in [1.29, 1.82) is 0 Å². The molecule has 2 aromatic heterocycles. The summed E-state index contributed by atoms with van der Waals surface area (Å²) in [6, 6.07) is 22.4. The van der Waals surface area contributed by atoms with Crippen molar-refractivity contribution in [3.05, 3.63) is 84.3 Å². The third-order valence-corrected chi connectivity index (χ3v) is 7.00. The molecule has 3 aromatic carbocycles. The third-order valence-electron chi connectivity index (χ3n) is 7.00. The number of nitrogens with one attached hydrogen (secondary N) is 1. The average Bonchev–Trinajstić information content (AvgIpc) is 3.28. The first kappa shape index (κ1) is 20.1. The fourth-order valence-corrected chi connectivity index (χ4v) is 5.29. The first-order valence-corrected chi connectivity index (χ1v) is 11.8. The Hall–Kier alpha value is -3.50. The number of piperidine rings is 1. The van der Waals surface area contributed by atoms with Gasteiger partial charge in [-0.05, 0) is 73.3 Å². The molecule has 1 N–H and O–H groups in total. The fraction of sp³-hybridized carbons (Fsp3) is 0.241. The van der Waals surface area contributed by atoms with Crippen LogP contribution in [0.15, 0.2) is 73.2 Å². The van der Waals surface area contributed by atoms with Crippen molar-refractivity contribution in [3.63, 3.8) is 0 Å². The summed E-state index contributed by atoms with van der Waals surface area (Å²) in [7, 11) is 0. The number of fused-ring (bicyclic) bond motifs is 2. The molecule has 1 aliphatic heterocycles. The Morgan fingerprint density at radius 2 is 1.67 bits per heavy atom. The van der Waals surface area contributed by atoms with E-state index in [4.69, 9.17) is 9.97 Å². The van der Waals surface area contributed by atoms with Crippen LogP contribution in [0.2, 0.25) is 0 Å². The highest BCUT2D eigenvalue weighted by molar-refractivity contribution is 6.01. The SMILES string of the molecule is Cc1ccc(-c2cnc3c(ncn3C3CCNCC3)c2-c2ccc3ccccc3c2)c(C)c1. The second-order valence-electron chi connectivity index (χ2n) is 9.23.